The minimum Gasteiger partial charge on any atom is -0.378 e. The molecule has 0 heterocycles. The lowest BCUT2D eigenvalue weighted by Crippen LogP contribution is -2.15. The molecule has 2 heteroatoms. The van der Waals surface area contributed by atoms with Gasteiger partial charge in [-0.15, -0.1) is 0 Å². The molecule has 1 saturated carbocycles. The molecule has 0 amide bonds. The summed E-state index contributed by atoms with van der Waals surface area (Å²) in [5.74, 6) is 0.450. The Hall–Kier alpha value is -0.860. The highest BCUT2D eigenvalue weighted by Crippen LogP contribution is 2.41. The molecule has 16 heavy (non-hydrogen) atoms. The molecule has 1 unspecified atom stereocenters. The van der Waals surface area contributed by atoms with Crippen molar-refractivity contribution >= 4 is 0 Å². The van der Waals surface area contributed by atoms with Gasteiger partial charge < -0.3 is 10.5 Å². The number of nitrogens with two attached hydrogens (primary N) is 1. The molecule has 1 atom stereocenters. The molecule has 1 aromatic rings. The first-order valence-corrected chi connectivity index (χ1v) is 6.03. The number of hydrogen-bond donors (Lipinski definition) is 1. The van der Waals surface area contributed by atoms with Crippen molar-refractivity contribution in [1.29, 1.82) is 0 Å². The summed E-state index contributed by atoms with van der Waals surface area (Å²) >= 11 is 0. The van der Waals surface area contributed by atoms with Crippen LogP contribution in [-0.4, -0.2) is 19.3 Å². The maximum absolute atomic E-state index is 5.66. The molecule has 0 spiro atoms. The van der Waals surface area contributed by atoms with Gasteiger partial charge >= 0.3 is 0 Å². The summed E-state index contributed by atoms with van der Waals surface area (Å²) in [4.78, 5) is 0. The molecule has 1 aliphatic carbocycles. The summed E-state index contributed by atoms with van der Waals surface area (Å²) in [7, 11) is 1.82. The Labute approximate surface area is 97.8 Å². The van der Waals surface area contributed by atoms with Crippen LogP contribution in [0.2, 0.25) is 0 Å². The van der Waals surface area contributed by atoms with Crippen LogP contribution in [0.15, 0.2) is 24.3 Å². The lowest BCUT2D eigenvalue weighted by atomic mass is 9.98. The first-order chi connectivity index (χ1) is 7.69. The van der Waals surface area contributed by atoms with Gasteiger partial charge in [0, 0.05) is 13.5 Å². The van der Waals surface area contributed by atoms with Gasteiger partial charge in [-0.3, -0.25) is 0 Å². The molecule has 0 bridgehead atoms. The first kappa shape index (κ1) is 11.6. The van der Waals surface area contributed by atoms with Crippen LogP contribution in [0.1, 0.15) is 36.8 Å². The summed E-state index contributed by atoms with van der Waals surface area (Å²) in [5.41, 5.74) is 8.50. The van der Waals surface area contributed by atoms with Gasteiger partial charge in [0.15, 0.2) is 0 Å². The highest BCUT2D eigenvalue weighted by Gasteiger charge is 2.42. The van der Waals surface area contributed by atoms with E-state index >= 15 is 0 Å². The predicted octanol–water partition coefficient (Wildman–Crippen LogP) is 2.47. The molecule has 88 valence electrons. The highest BCUT2D eigenvalue weighted by molar-refractivity contribution is 5.27. The molecule has 2 nitrogen and oxygen atoms in total. The molecular weight excluding hydrogens is 198 g/mol. The molecule has 0 aromatic heterocycles. The maximum atomic E-state index is 5.66. The van der Waals surface area contributed by atoms with Crippen molar-refractivity contribution < 1.29 is 4.74 Å². The van der Waals surface area contributed by atoms with E-state index in [1.165, 1.54) is 24.0 Å². The number of hydrogen-bond acceptors (Lipinski definition) is 2. The van der Waals surface area contributed by atoms with Crippen molar-refractivity contribution in [2.24, 2.45) is 5.73 Å². The van der Waals surface area contributed by atoms with Crippen LogP contribution in [-0.2, 0) is 11.2 Å². The molecule has 1 aromatic carbocycles. The minimum atomic E-state index is 0.154. The summed E-state index contributed by atoms with van der Waals surface area (Å²) in [6, 6.07) is 8.80. The summed E-state index contributed by atoms with van der Waals surface area (Å²) in [5, 5.41) is 0. The van der Waals surface area contributed by atoms with Gasteiger partial charge in [0.2, 0.25) is 0 Å². The fraction of sp³-hybridized carbons (Fsp3) is 0.571. The van der Waals surface area contributed by atoms with E-state index in [2.05, 4.69) is 31.2 Å². The van der Waals surface area contributed by atoms with Crippen LogP contribution < -0.4 is 5.73 Å². The van der Waals surface area contributed by atoms with Crippen LogP contribution in [0.4, 0.5) is 0 Å². The molecule has 0 radical (unpaired) electrons. The van der Waals surface area contributed by atoms with Gasteiger partial charge in [-0.2, -0.15) is 0 Å². The van der Waals surface area contributed by atoms with Crippen molar-refractivity contribution in [2.75, 3.05) is 13.7 Å². The van der Waals surface area contributed by atoms with E-state index in [0.717, 1.165) is 6.42 Å². The smallest absolute Gasteiger partial charge is 0.0721 e. The Bertz CT molecular complexity index is 340. The fourth-order valence-corrected chi connectivity index (χ4v) is 2.06. The van der Waals surface area contributed by atoms with Gasteiger partial charge in [-0.05, 0) is 36.4 Å². The van der Waals surface area contributed by atoms with E-state index in [0.29, 0.717) is 12.5 Å². The van der Waals surface area contributed by atoms with Crippen LogP contribution >= 0.6 is 0 Å². The third-order valence-electron chi connectivity index (χ3n) is 3.67. The Morgan fingerprint density at radius 1 is 1.31 bits per heavy atom. The lowest BCUT2D eigenvalue weighted by molar-refractivity contribution is 0.0807. The van der Waals surface area contributed by atoms with Crippen LogP contribution in [0.5, 0.6) is 0 Å². The monoisotopic (exact) mass is 219 g/mol. The Morgan fingerprint density at radius 2 is 1.94 bits per heavy atom. The lowest BCUT2D eigenvalue weighted by Gasteiger charge is -2.14. The summed E-state index contributed by atoms with van der Waals surface area (Å²) in [6.45, 7) is 2.87. The topological polar surface area (TPSA) is 35.2 Å². The Morgan fingerprint density at radius 3 is 2.38 bits per heavy atom. The molecule has 2 rings (SSSR count). The zero-order valence-corrected chi connectivity index (χ0v) is 10.2. The van der Waals surface area contributed by atoms with Gasteiger partial charge in [0.05, 0.1) is 5.60 Å². The largest absolute Gasteiger partial charge is 0.378 e. The second-order valence-electron chi connectivity index (χ2n) is 4.94. The van der Waals surface area contributed by atoms with E-state index in [9.17, 15) is 0 Å². The number of methoxy groups -OCH3 is 1. The number of rotatable bonds is 5. The summed E-state index contributed by atoms with van der Waals surface area (Å²) < 4.78 is 5.53. The third kappa shape index (κ3) is 2.45. The number of benzene rings is 1. The van der Waals surface area contributed by atoms with E-state index < -0.39 is 0 Å². The standard InChI is InChI=1S/C14H21NO/c1-11(10-15)13-5-3-12(4-6-13)9-14(16-2)7-8-14/h3-6,11H,7-10,15H2,1-2H3. The Kier molecular flexibility index (Phi) is 3.31. The SMILES string of the molecule is COC1(Cc2ccc(C(C)CN)cc2)CC1. The molecule has 1 fully saturated rings. The van der Waals surface area contributed by atoms with Gasteiger partial charge in [0.25, 0.3) is 0 Å². The summed E-state index contributed by atoms with van der Waals surface area (Å²) in [6.07, 6.45) is 3.44. The van der Waals surface area contributed by atoms with Crippen LogP contribution in [0.3, 0.4) is 0 Å². The van der Waals surface area contributed by atoms with E-state index in [4.69, 9.17) is 10.5 Å². The minimum absolute atomic E-state index is 0.154. The Balaban J connectivity index is 2.02. The van der Waals surface area contributed by atoms with Gasteiger partial charge in [-0.25, -0.2) is 0 Å². The van der Waals surface area contributed by atoms with Crippen molar-refractivity contribution in [2.45, 2.75) is 37.7 Å². The zero-order chi connectivity index (χ0) is 11.6. The van der Waals surface area contributed by atoms with E-state index in [1.807, 2.05) is 7.11 Å². The van der Waals surface area contributed by atoms with Crippen molar-refractivity contribution in [1.82, 2.24) is 0 Å². The molecule has 0 aliphatic heterocycles. The zero-order valence-electron chi connectivity index (χ0n) is 10.2. The second-order valence-corrected chi connectivity index (χ2v) is 4.94. The van der Waals surface area contributed by atoms with Crippen LogP contribution in [0.25, 0.3) is 0 Å². The quantitative estimate of drug-likeness (QED) is 0.825. The third-order valence-corrected chi connectivity index (χ3v) is 3.67. The average Bonchev–Trinajstić information content (AvgIpc) is 3.09. The highest BCUT2D eigenvalue weighted by atomic mass is 16.5. The van der Waals surface area contributed by atoms with Gasteiger partial charge in [0.1, 0.15) is 0 Å². The van der Waals surface area contributed by atoms with Crippen molar-refractivity contribution in [3.63, 3.8) is 0 Å². The molecule has 1 aliphatic rings. The van der Waals surface area contributed by atoms with Crippen molar-refractivity contribution in [3.05, 3.63) is 35.4 Å². The normalized spacial score (nSPS) is 19.4. The first-order valence-electron chi connectivity index (χ1n) is 6.03. The predicted molar refractivity (Wildman–Crippen MR) is 66.6 cm³/mol. The van der Waals surface area contributed by atoms with E-state index in [-0.39, 0.29) is 5.60 Å². The van der Waals surface area contributed by atoms with E-state index in [1.54, 1.807) is 0 Å². The average molecular weight is 219 g/mol. The molecular formula is C14H21NO. The van der Waals surface area contributed by atoms with Gasteiger partial charge in [-0.1, -0.05) is 31.2 Å². The maximum Gasteiger partial charge on any atom is 0.0721 e. The second kappa shape index (κ2) is 4.56. The molecule has 0 saturated heterocycles. The molecule has 2 N–H and O–H groups in total. The van der Waals surface area contributed by atoms with Crippen molar-refractivity contribution in [3.8, 4) is 0 Å². The number of ether oxygens (including phenoxy) is 1. The van der Waals surface area contributed by atoms with Crippen LogP contribution in [0, 0.1) is 0 Å². The fourth-order valence-electron chi connectivity index (χ4n) is 2.06.